The zero-order valence-corrected chi connectivity index (χ0v) is 11.0. The number of nitrogens with zero attached hydrogens (tertiary/aromatic N) is 3. The molecule has 4 heteroatoms. The van der Waals surface area contributed by atoms with Gasteiger partial charge >= 0.3 is 0 Å². The van der Waals surface area contributed by atoms with Crippen LogP contribution in [-0.2, 0) is 6.54 Å². The van der Waals surface area contributed by atoms with Crippen molar-refractivity contribution in [3.05, 3.63) is 11.9 Å². The Morgan fingerprint density at radius 3 is 2.94 bits per heavy atom. The summed E-state index contributed by atoms with van der Waals surface area (Å²) in [5.74, 6) is 0.602. The molecule has 0 aliphatic heterocycles. The summed E-state index contributed by atoms with van der Waals surface area (Å²) in [7, 11) is 0. The lowest BCUT2D eigenvalue weighted by molar-refractivity contribution is 0.315. The second-order valence-electron chi connectivity index (χ2n) is 4.93. The molecule has 2 atom stereocenters. The first kappa shape index (κ1) is 12.6. The van der Waals surface area contributed by atoms with Gasteiger partial charge in [-0.2, -0.15) is 0 Å². The van der Waals surface area contributed by atoms with Crippen LogP contribution in [0.2, 0.25) is 0 Å². The number of hydrogen-bond donors (Lipinski definition) is 1. The molecule has 0 aromatic carbocycles. The standard InChI is InChI=1S/C13H24N4/c1-3-9-14-12-8-6-5-7-11(12)13-10-15-16-17(13)4-2/h10-12,14H,3-9H2,1-2H3. The van der Waals surface area contributed by atoms with Gasteiger partial charge in [0.25, 0.3) is 0 Å². The molecule has 0 radical (unpaired) electrons. The van der Waals surface area contributed by atoms with E-state index in [0.29, 0.717) is 12.0 Å². The van der Waals surface area contributed by atoms with Gasteiger partial charge in [-0.1, -0.05) is 25.0 Å². The maximum atomic E-state index is 4.16. The molecule has 17 heavy (non-hydrogen) atoms. The normalized spacial score (nSPS) is 25.1. The van der Waals surface area contributed by atoms with Gasteiger partial charge in [0.2, 0.25) is 0 Å². The van der Waals surface area contributed by atoms with Gasteiger partial charge in [-0.3, -0.25) is 0 Å². The van der Waals surface area contributed by atoms with Crippen LogP contribution in [0, 0.1) is 0 Å². The van der Waals surface area contributed by atoms with Crippen molar-refractivity contribution in [2.45, 2.75) is 64.5 Å². The Kier molecular flexibility index (Phi) is 4.54. The van der Waals surface area contributed by atoms with Crippen LogP contribution in [0.1, 0.15) is 57.6 Å². The Morgan fingerprint density at radius 2 is 2.18 bits per heavy atom. The van der Waals surface area contributed by atoms with Crippen molar-refractivity contribution in [2.75, 3.05) is 6.54 Å². The van der Waals surface area contributed by atoms with Crippen LogP contribution in [0.15, 0.2) is 6.20 Å². The average molecular weight is 236 g/mol. The number of nitrogens with one attached hydrogen (secondary N) is 1. The first-order chi connectivity index (χ1) is 8.36. The Balaban J connectivity index is 2.10. The Morgan fingerprint density at radius 1 is 1.35 bits per heavy atom. The lowest BCUT2D eigenvalue weighted by Gasteiger charge is -2.32. The molecule has 1 N–H and O–H groups in total. The fraction of sp³-hybridized carbons (Fsp3) is 0.846. The Labute approximate surface area is 104 Å². The van der Waals surface area contributed by atoms with E-state index in [2.05, 4.69) is 34.2 Å². The summed E-state index contributed by atoms with van der Waals surface area (Å²) < 4.78 is 2.05. The van der Waals surface area contributed by atoms with Crippen LogP contribution in [0.25, 0.3) is 0 Å². The summed E-state index contributed by atoms with van der Waals surface area (Å²) in [5, 5.41) is 11.9. The fourth-order valence-electron chi connectivity index (χ4n) is 2.86. The number of rotatable bonds is 5. The summed E-state index contributed by atoms with van der Waals surface area (Å²) in [4.78, 5) is 0. The lowest BCUT2D eigenvalue weighted by Crippen LogP contribution is -2.38. The molecule has 0 spiro atoms. The molecule has 1 saturated carbocycles. The molecule has 1 heterocycles. The summed E-state index contributed by atoms with van der Waals surface area (Å²) in [6, 6.07) is 0.618. The van der Waals surface area contributed by atoms with Gasteiger partial charge in [0, 0.05) is 18.5 Å². The molecule has 1 fully saturated rings. The minimum Gasteiger partial charge on any atom is -0.313 e. The summed E-state index contributed by atoms with van der Waals surface area (Å²) in [5.41, 5.74) is 1.32. The third-order valence-electron chi connectivity index (χ3n) is 3.75. The summed E-state index contributed by atoms with van der Waals surface area (Å²) >= 11 is 0. The SMILES string of the molecule is CCCNC1CCCCC1c1cnnn1CC. The van der Waals surface area contributed by atoms with E-state index in [1.54, 1.807) is 0 Å². The zero-order chi connectivity index (χ0) is 12.1. The zero-order valence-electron chi connectivity index (χ0n) is 11.0. The molecule has 1 aliphatic carbocycles. The molecule has 0 saturated heterocycles. The molecule has 96 valence electrons. The largest absolute Gasteiger partial charge is 0.313 e. The highest BCUT2D eigenvalue weighted by Gasteiger charge is 2.28. The van der Waals surface area contributed by atoms with Crippen LogP contribution in [-0.4, -0.2) is 27.6 Å². The van der Waals surface area contributed by atoms with E-state index in [1.807, 2.05) is 6.20 Å². The maximum absolute atomic E-state index is 4.16. The average Bonchev–Trinajstić information content (AvgIpc) is 2.84. The van der Waals surface area contributed by atoms with E-state index in [0.717, 1.165) is 13.1 Å². The molecular formula is C13H24N4. The van der Waals surface area contributed by atoms with Gasteiger partial charge in [-0.05, 0) is 32.7 Å². The first-order valence-electron chi connectivity index (χ1n) is 6.98. The Bertz CT molecular complexity index is 334. The molecular weight excluding hydrogens is 212 g/mol. The second-order valence-corrected chi connectivity index (χ2v) is 4.93. The maximum Gasteiger partial charge on any atom is 0.0728 e. The summed E-state index contributed by atoms with van der Waals surface area (Å²) in [6.45, 7) is 6.40. The third-order valence-corrected chi connectivity index (χ3v) is 3.75. The molecule has 1 aliphatic rings. The van der Waals surface area contributed by atoms with Crippen LogP contribution < -0.4 is 5.32 Å². The number of hydrogen-bond acceptors (Lipinski definition) is 3. The highest BCUT2D eigenvalue weighted by molar-refractivity contribution is 5.09. The molecule has 2 rings (SSSR count). The van der Waals surface area contributed by atoms with E-state index in [9.17, 15) is 0 Å². The minimum absolute atomic E-state index is 0.602. The van der Waals surface area contributed by atoms with E-state index >= 15 is 0 Å². The van der Waals surface area contributed by atoms with Gasteiger partial charge in [-0.25, -0.2) is 4.68 Å². The van der Waals surface area contributed by atoms with Gasteiger partial charge in [0.1, 0.15) is 0 Å². The topological polar surface area (TPSA) is 42.7 Å². The van der Waals surface area contributed by atoms with Crippen LogP contribution in [0.4, 0.5) is 0 Å². The van der Waals surface area contributed by atoms with Gasteiger partial charge in [0.05, 0.1) is 11.9 Å². The molecule has 0 amide bonds. The predicted octanol–water partition coefficient (Wildman–Crippen LogP) is 2.32. The Hall–Kier alpha value is -0.900. The van der Waals surface area contributed by atoms with Crippen molar-refractivity contribution in [2.24, 2.45) is 0 Å². The quantitative estimate of drug-likeness (QED) is 0.853. The molecule has 0 bridgehead atoms. The van der Waals surface area contributed by atoms with Crippen molar-refractivity contribution in [1.82, 2.24) is 20.3 Å². The second kappa shape index (κ2) is 6.15. The third kappa shape index (κ3) is 2.86. The van der Waals surface area contributed by atoms with Crippen molar-refractivity contribution >= 4 is 0 Å². The monoisotopic (exact) mass is 236 g/mol. The summed E-state index contributed by atoms with van der Waals surface area (Å²) in [6.07, 6.45) is 8.42. The minimum atomic E-state index is 0.602. The van der Waals surface area contributed by atoms with Crippen LogP contribution in [0.5, 0.6) is 0 Å². The number of aryl methyl sites for hydroxylation is 1. The van der Waals surface area contributed by atoms with Gasteiger partial charge in [0.15, 0.2) is 0 Å². The fourth-order valence-corrected chi connectivity index (χ4v) is 2.86. The smallest absolute Gasteiger partial charge is 0.0728 e. The lowest BCUT2D eigenvalue weighted by atomic mass is 9.82. The molecule has 1 aromatic heterocycles. The van der Waals surface area contributed by atoms with Crippen molar-refractivity contribution < 1.29 is 0 Å². The van der Waals surface area contributed by atoms with Crippen molar-refractivity contribution in [3.63, 3.8) is 0 Å². The molecule has 2 unspecified atom stereocenters. The van der Waals surface area contributed by atoms with Crippen LogP contribution in [0.3, 0.4) is 0 Å². The van der Waals surface area contributed by atoms with Crippen molar-refractivity contribution in [3.8, 4) is 0 Å². The first-order valence-corrected chi connectivity index (χ1v) is 6.98. The molecule has 4 nitrogen and oxygen atoms in total. The molecule has 1 aromatic rings. The van der Waals surface area contributed by atoms with E-state index in [1.165, 1.54) is 37.8 Å². The van der Waals surface area contributed by atoms with Crippen LogP contribution >= 0.6 is 0 Å². The van der Waals surface area contributed by atoms with Crippen molar-refractivity contribution in [1.29, 1.82) is 0 Å². The van der Waals surface area contributed by atoms with E-state index in [-0.39, 0.29) is 0 Å². The van der Waals surface area contributed by atoms with Gasteiger partial charge in [-0.15, -0.1) is 5.10 Å². The predicted molar refractivity (Wildman–Crippen MR) is 69.0 cm³/mol. The van der Waals surface area contributed by atoms with Gasteiger partial charge < -0.3 is 5.32 Å². The van der Waals surface area contributed by atoms with E-state index in [4.69, 9.17) is 0 Å². The van der Waals surface area contributed by atoms with E-state index < -0.39 is 0 Å². The highest BCUT2D eigenvalue weighted by atomic mass is 15.4. The number of aromatic nitrogens is 3. The highest BCUT2D eigenvalue weighted by Crippen LogP contribution is 2.32.